The van der Waals surface area contributed by atoms with Gasteiger partial charge in [-0.2, -0.15) is 11.8 Å². The molecular weight excluding hydrogens is 192 g/mol. The first-order valence-corrected chi connectivity index (χ1v) is 7.09. The van der Waals surface area contributed by atoms with Crippen LogP contribution in [0.4, 0.5) is 0 Å². The molecule has 2 nitrogen and oxygen atoms in total. The second-order valence-electron chi connectivity index (χ2n) is 4.76. The Balaban J connectivity index is 1.74. The van der Waals surface area contributed by atoms with Crippen LogP contribution in [-0.4, -0.2) is 17.5 Å². The van der Waals surface area contributed by atoms with Crippen molar-refractivity contribution < 1.29 is 0 Å². The van der Waals surface area contributed by atoms with Crippen molar-refractivity contribution in [2.75, 3.05) is 11.5 Å². The maximum atomic E-state index is 5.65. The molecule has 0 aromatic carbocycles. The lowest BCUT2D eigenvalue weighted by Gasteiger charge is -2.36. The van der Waals surface area contributed by atoms with Crippen molar-refractivity contribution in [1.29, 1.82) is 0 Å². The second kappa shape index (κ2) is 5.38. The quantitative estimate of drug-likeness (QED) is 0.556. The highest BCUT2D eigenvalue weighted by Crippen LogP contribution is 2.34. The lowest BCUT2D eigenvalue weighted by atomic mass is 9.76. The topological polar surface area (TPSA) is 38.0 Å². The number of thioether (sulfide) groups is 1. The van der Waals surface area contributed by atoms with Crippen LogP contribution >= 0.6 is 11.8 Å². The van der Waals surface area contributed by atoms with Crippen LogP contribution in [0, 0.1) is 11.8 Å². The summed E-state index contributed by atoms with van der Waals surface area (Å²) in [5.74, 6) is 10.2. The molecule has 0 radical (unpaired) electrons. The van der Waals surface area contributed by atoms with Gasteiger partial charge in [-0.15, -0.1) is 0 Å². The summed E-state index contributed by atoms with van der Waals surface area (Å²) in [6.45, 7) is 0. The Morgan fingerprint density at radius 3 is 2.43 bits per heavy atom. The van der Waals surface area contributed by atoms with E-state index < -0.39 is 0 Å². The molecular formula is C11H22N2S. The predicted octanol–water partition coefficient (Wildman–Crippen LogP) is 2.15. The van der Waals surface area contributed by atoms with Crippen molar-refractivity contribution in [3.8, 4) is 0 Å². The maximum absolute atomic E-state index is 5.65. The molecule has 1 unspecified atom stereocenters. The molecule has 1 aliphatic heterocycles. The molecule has 1 saturated carbocycles. The molecule has 0 bridgehead atoms. The molecule has 14 heavy (non-hydrogen) atoms. The fraction of sp³-hybridized carbons (Fsp3) is 1.00. The summed E-state index contributed by atoms with van der Waals surface area (Å²) in [6, 6.07) is 0.608. The largest absolute Gasteiger partial charge is 0.271 e. The van der Waals surface area contributed by atoms with E-state index in [1.807, 2.05) is 0 Å². The van der Waals surface area contributed by atoms with E-state index in [1.165, 1.54) is 50.0 Å². The van der Waals surface area contributed by atoms with Crippen molar-refractivity contribution in [3.05, 3.63) is 0 Å². The average Bonchev–Trinajstić information content (AvgIpc) is 2.15. The number of nitrogens with one attached hydrogen (secondary N) is 1. The van der Waals surface area contributed by atoms with Gasteiger partial charge in [-0.05, 0) is 55.4 Å². The lowest BCUT2D eigenvalue weighted by Crippen LogP contribution is -2.44. The van der Waals surface area contributed by atoms with Crippen LogP contribution in [0.25, 0.3) is 0 Å². The summed E-state index contributed by atoms with van der Waals surface area (Å²) in [5.41, 5.74) is 3.04. The van der Waals surface area contributed by atoms with Gasteiger partial charge in [-0.25, -0.2) is 0 Å². The molecule has 2 rings (SSSR count). The van der Waals surface area contributed by atoms with Gasteiger partial charge < -0.3 is 0 Å². The van der Waals surface area contributed by atoms with Crippen LogP contribution in [0.3, 0.4) is 0 Å². The third-order valence-electron chi connectivity index (χ3n) is 3.86. The summed E-state index contributed by atoms with van der Waals surface area (Å²) in [7, 11) is 0. The number of rotatable bonds is 4. The van der Waals surface area contributed by atoms with Crippen LogP contribution in [0.1, 0.15) is 38.5 Å². The van der Waals surface area contributed by atoms with Crippen molar-refractivity contribution in [2.45, 2.75) is 44.6 Å². The SMILES string of the molecule is NNC(CC1CCSCC1)C1CCC1. The van der Waals surface area contributed by atoms with Gasteiger partial charge in [0.05, 0.1) is 0 Å². The summed E-state index contributed by atoms with van der Waals surface area (Å²) in [5, 5.41) is 0. The van der Waals surface area contributed by atoms with Crippen LogP contribution in [0.5, 0.6) is 0 Å². The maximum Gasteiger partial charge on any atom is 0.0241 e. The number of hydrazine groups is 1. The standard InChI is InChI=1S/C11H22N2S/c12-13-11(10-2-1-3-10)8-9-4-6-14-7-5-9/h9-11,13H,1-8,12H2. The molecule has 1 heterocycles. The fourth-order valence-electron chi connectivity index (χ4n) is 2.58. The van der Waals surface area contributed by atoms with E-state index in [-0.39, 0.29) is 0 Å². The first-order valence-electron chi connectivity index (χ1n) is 5.94. The second-order valence-corrected chi connectivity index (χ2v) is 5.98. The van der Waals surface area contributed by atoms with Gasteiger partial charge in [0.2, 0.25) is 0 Å². The molecule has 2 fully saturated rings. The van der Waals surface area contributed by atoms with Gasteiger partial charge in [0.25, 0.3) is 0 Å². The zero-order valence-corrected chi connectivity index (χ0v) is 9.69. The minimum Gasteiger partial charge on any atom is -0.271 e. The molecule has 3 N–H and O–H groups in total. The first-order chi connectivity index (χ1) is 6.90. The molecule has 0 spiro atoms. The molecule has 82 valence electrons. The Bertz CT molecular complexity index is 165. The molecule has 0 amide bonds. The summed E-state index contributed by atoms with van der Waals surface area (Å²) in [6.07, 6.45) is 8.36. The smallest absolute Gasteiger partial charge is 0.0241 e. The van der Waals surface area contributed by atoms with E-state index in [2.05, 4.69) is 17.2 Å². The van der Waals surface area contributed by atoms with Crippen molar-refractivity contribution in [1.82, 2.24) is 5.43 Å². The molecule has 0 aromatic rings. The molecule has 2 aliphatic rings. The average molecular weight is 214 g/mol. The minimum atomic E-state index is 0.608. The zero-order valence-electron chi connectivity index (χ0n) is 8.87. The van der Waals surface area contributed by atoms with Gasteiger partial charge in [0, 0.05) is 6.04 Å². The Morgan fingerprint density at radius 1 is 1.21 bits per heavy atom. The highest BCUT2D eigenvalue weighted by atomic mass is 32.2. The van der Waals surface area contributed by atoms with Crippen LogP contribution in [-0.2, 0) is 0 Å². The zero-order chi connectivity index (χ0) is 9.80. The summed E-state index contributed by atoms with van der Waals surface area (Å²) in [4.78, 5) is 0. The van der Waals surface area contributed by atoms with Crippen LogP contribution < -0.4 is 11.3 Å². The highest BCUT2D eigenvalue weighted by Gasteiger charge is 2.28. The predicted molar refractivity (Wildman–Crippen MR) is 63.1 cm³/mol. The lowest BCUT2D eigenvalue weighted by molar-refractivity contribution is 0.197. The molecule has 0 aromatic heterocycles. The van der Waals surface area contributed by atoms with Crippen LogP contribution in [0.15, 0.2) is 0 Å². The molecule has 1 aliphatic carbocycles. The molecule has 1 saturated heterocycles. The monoisotopic (exact) mass is 214 g/mol. The van der Waals surface area contributed by atoms with Gasteiger partial charge in [0.15, 0.2) is 0 Å². The van der Waals surface area contributed by atoms with Gasteiger partial charge in [-0.3, -0.25) is 11.3 Å². The molecule has 1 atom stereocenters. The van der Waals surface area contributed by atoms with Crippen molar-refractivity contribution in [2.24, 2.45) is 17.7 Å². The number of nitrogens with two attached hydrogens (primary N) is 1. The Morgan fingerprint density at radius 2 is 1.93 bits per heavy atom. The fourth-order valence-corrected chi connectivity index (χ4v) is 3.78. The highest BCUT2D eigenvalue weighted by molar-refractivity contribution is 7.99. The Labute approximate surface area is 91.4 Å². The first kappa shape index (κ1) is 10.8. The summed E-state index contributed by atoms with van der Waals surface area (Å²) < 4.78 is 0. The third kappa shape index (κ3) is 2.65. The van der Waals surface area contributed by atoms with Gasteiger partial charge >= 0.3 is 0 Å². The van der Waals surface area contributed by atoms with Crippen molar-refractivity contribution >= 4 is 11.8 Å². The van der Waals surface area contributed by atoms with Crippen molar-refractivity contribution in [3.63, 3.8) is 0 Å². The van der Waals surface area contributed by atoms with Crippen LogP contribution in [0.2, 0.25) is 0 Å². The van der Waals surface area contributed by atoms with E-state index in [0.717, 1.165) is 11.8 Å². The number of hydrogen-bond donors (Lipinski definition) is 2. The van der Waals surface area contributed by atoms with E-state index in [4.69, 9.17) is 5.84 Å². The number of hydrogen-bond acceptors (Lipinski definition) is 3. The molecule has 3 heteroatoms. The van der Waals surface area contributed by atoms with E-state index >= 15 is 0 Å². The van der Waals surface area contributed by atoms with E-state index in [0.29, 0.717) is 6.04 Å². The minimum absolute atomic E-state index is 0.608. The van der Waals surface area contributed by atoms with Gasteiger partial charge in [-0.1, -0.05) is 6.42 Å². The third-order valence-corrected chi connectivity index (χ3v) is 4.91. The van der Waals surface area contributed by atoms with E-state index in [9.17, 15) is 0 Å². The van der Waals surface area contributed by atoms with Gasteiger partial charge in [0.1, 0.15) is 0 Å². The van der Waals surface area contributed by atoms with E-state index in [1.54, 1.807) is 0 Å². The summed E-state index contributed by atoms with van der Waals surface area (Å²) >= 11 is 2.11. The Kier molecular flexibility index (Phi) is 4.14. The Hall–Kier alpha value is 0.270. The normalized spacial score (nSPS) is 27.2.